The fraction of sp³-hybridized carbons (Fsp3) is 0.316. The number of hydrogen-bond acceptors (Lipinski definition) is 6. The summed E-state index contributed by atoms with van der Waals surface area (Å²) >= 11 is 0. The van der Waals surface area contributed by atoms with E-state index in [2.05, 4.69) is 5.32 Å². The number of nitrogens with zero attached hydrogens (tertiary/aromatic N) is 2. The SMILES string of the molecule is O=C(COc1ccc([N+](=O)[O-])cc1C(F)(F)F)Nc1cccc(S(=O)(=O)N2CCCC2)c1. The van der Waals surface area contributed by atoms with Crippen LogP contribution in [0.5, 0.6) is 5.75 Å². The van der Waals surface area contributed by atoms with Crippen LogP contribution in [-0.4, -0.2) is 43.2 Å². The maximum Gasteiger partial charge on any atom is 0.420 e. The number of alkyl halides is 3. The smallest absolute Gasteiger partial charge is 0.420 e. The molecule has 0 saturated carbocycles. The summed E-state index contributed by atoms with van der Waals surface area (Å²) in [5, 5.41) is 13.1. The molecule has 2 aromatic rings. The molecule has 0 atom stereocenters. The predicted molar refractivity (Wildman–Crippen MR) is 107 cm³/mol. The summed E-state index contributed by atoms with van der Waals surface area (Å²) in [6.45, 7) is -0.0168. The Kier molecular flexibility index (Phi) is 6.69. The Labute approximate surface area is 181 Å². The van der Waals surface area contributed by atoms with E-state index in [1.54, 1.807) is 0 Å². The summed E-state index contributed by atoms with van der Waals surface area (Å²) in [5.41, 5.74) is -2.04. The molecule has 1 aliphatic rings. The molecule has 13 heteroatoms. The second-order valence-electron chi connectivity index (χ2n) is 6.91. The molecule has 1 amide bonds. The molecule has 9 nitrogen and oxygen atoms in total. The zero-order chi connectivity index (χ0) is 23.5. The highest BCUT2D eigenvalue weighted by molar-refractivity contribution is 7.89. The van der Waals surface area contributed by atoms with Crippen molar-refractivity contribution >= 4 is 27.3 Å². The third kappa shape index (κ3) is 5.34. The normalized spacial score (nSPS) is 14.8. The van der Waals surface area contributed by atoms with Crippen LogP contribution in [0.25, 0.3) is 0 Å². The first-order valence-corrected chi connectivity index (χ1v) is 10.8. The van der Waals surface area contributed by atoms with E-state index in [-0.39, 0.29) is 10.6 Å². The Morgan fingerprint density at radius 1 is 1.16 bits per heavy atom. The maximum atomic E-state index is 13.2. The van der Waals surface area contributed by atoms with Gasteiger partial charge in [0.1, 0.15) is 11.3 Å². The van der Waals surface area contributed by atoms with Crippen LogP contribution >= 0.6 is 0 Å². The minimum Gasteiger partial charge on any atom is -0.483 e. The summed E-state index contributed by atoms with van der Waals surface area (Å²) in [6.07, 6.45) is -3.42. The summed E-state index contributed by atoms with van der Waals surface area (Å²) in [4.78, 5) is 21.9. The molecule has 0 spiro atoms. The van der Waals surface area contributed by atoms with Gasteiger partial charge >= 0.3 is 6.18 Å². The lowest BCUT2D eigenvalue weighted by Gasteiger charge is -2.16. The van der Waals surface area contributed by atoms with Gasteiger partial charge in [-0.2, -0.15) is 17.5 Å². The number of amides is 1. The number of halogens is 3. The fourth-order valence-electron chi connectivity index (χ4n) is 3.13. The van der Waals surface area contributed by atoms with Crippen molar-refractivity contribution in [2.75, 3.05) is 25.0 Å². The molecular weight excluding hydrogens is 455 g/mol. The van der Waals surface area contributed by atoms with E-state index in [1.807, 2.05) is 0 Å². The number of nitrogens with one attached hydrogen (secondary N) is 1. The van der Waals surface area contributed by atoms with Gasteiger partial charge in [-0.15, -0.1) is 0 Å². The molecule has 0 aliphatic carbocycles. The molecule has 3 rings (SSSR count). The lowest BCUT2D eigenvalue weighted by atomic mass is 10.1. The first-order valence-electron chi connectivity index (χ1n) is 9.37. The van der Waals surface area contributed by atoms with Gasteiger partial charge in [0.2, 0.25) is 10.0 Å². The number of carbonyl (C=O) groups is 1. The number of nitro benzene ring substituents is 1. The van der Waals surface area contributed by atoms with Gasteiger partial charge in [-0.3, -0.25) is 14.9 Å². The number of rotatable bonds is 7. The van der Waals surface area contributed by atoms with Crippen molar-refractivity contribution < 1.29 is 36.0 Å². The van der Waals surface area contributed by atoms with Crippen molar-refractivity contribution in [3.63, 3.8) is 0 Å². The van der Waals surface area contributed by atoms with Crippen LogP contribution in [0.1, 0.15) is 18.4 Å². The average Bonchev–Trinajstić information content (AvgIpc) is 3.27. The standard InChI is InChI=1S/C19H18F3N3O6S/c20-19(21,22)16-11-14(25(27)28)6-7-17(16)31-12-18(26)23-13-4-3-5-15(10-13)32(29,30)24-8-1-2-9-24/h3-7,10-11H,1-2,8-9,12H2,(H,23,26). The first kappa shape index (κ1) is 23.5. The summed E-state index contributed by atoms with van der Waals surface area (Å²) in [6, 6.07) is 7.39. The molecule has 1 fully saturated rings. The Hall–Kier alpha value is -3.19. The second-order valence-corrected chi connectivity index (χ2v) is 8.85. The van der Waals surface area contributed by atoms with Crippen LogP contribution in [0.4, 0.5) is 24.5 Å². The Balaban J connectivity index is 1.70. The van der Waals surface area contributed by atoms with Gasteiger partial charge < -0.3 is 10.1 Å². The third-order valence-corrected chi connectivity index (χ3v) is 6.55. The average molecular weight is 473 g/mol. The van der Waals surface area contributed by atoms with E-state index in [0.717, 1.165) is 25.0 Å². The molecule has 0 bridgehead atoms. The number of nitro groups is 1. The molecule has 1 heterocycles. The second kappa shape index (κ2) is 9.12. The monoisotopic (exact) mass is 473 g/mol. The van der Waals surface area contributed by atoms with Gasteiger partial charge in [0.05, 0.1) is 9.82 Å². The maximum absolute atomic E-state index is 13.2. The number of carbonyl (C=O) groups excluding carboxylic acids is 1. The quantitative estimate of drug-likeness (QED) is 0.486. The van der Waals surface area contributed by atoms with Gasteiger partial charge in [0, 0.05) is 30.9 Å². The summed E-state index contributed by atoms with van der Waals surface area (Å²) in [7, 11) is -3.71. The van der Waals surface area contributed by atoms with E-state index in [4.69, 9.17) is 4.74 Å². The minimum atomic E-state index is -4.93. The molecule has 32 heavy (non-hydrogen) atoms. The Morgan fingerprint density at radius 3 is 2.47 bits per heavy atom. The number of non-ortho nitro benzene ring substituents is 1. The molecule has 172 valence electrons. The summed E-state index contributed by atoms with van der Waals surface area (Å²) in [5.74, 6) is -1.59. The highest BCUT2D eigenvalue weighted by atomic mass is 32.2. The van der Waals surface area contributed by atoms with Gasteiger partial charge in [-0.25, -0.2) is 8.42 Å². The number of hydrogen-bond donors (Lipinski definition) is 1. The molecule has 0 radical (unpaired) electrons. The number of sulfonamides is 1. The number of benzene rings is 2. The Bertz CT molecular complexity index is 1130. The highest BCUT2D eigenvalue weighted by Crippen LogP contribution is 2.38. The predicted octanol–water partition coefficient (Wildman–Crippen LogP) is 3.42. The molecule has 2 aromatic carbocycles. The zero-order valence-corrected chi connectivity index (χ0v) is 17.3. The van der Waals surface area contributed by atoms with Gasteiger partial charge in [0.15, 0.2) is 6.61 Å². The molecule has 1 N–H and O–H groups in total. The van der Waals surface area contributed by atoms with Crippen LogP contribution in [0.3, 0.4) is 0 Å². The van der Waals surface area contributed by atoms with Gasteiger partial charge in [0.25, 0.3) is 11.6 Å². The van der Waals surface area contributed by atoms with E-state index in [1.165, 1.54) is 28.6 Å². The van der Waals surface area contributed by atoms with Crippen LogP contribution in [0.15, 0.2) is 47.4 Å². The first-order chi connectivity index (χ1) is 15.0. The van der Waals surface area contributed by atoms with Crippen molar-refractivity contribution in [2.45, 2.75) is 23.9 Å². The van der Waals surface area contributed by atoms with Crippen molar-refractivity contribution in [3.8, 4) is 5.75 Å². The van der Waals surface area contributed by atoms with Crippen molar-refractivity contribution in [1.82, 2.24) is 4.31 Å². The van der Waals surface area contributed by atoms with E-state index in [0.29, 0.717) is 19.2 Å². The Morgan fingerprint density at radius 2 is 1.84 bits per heavy atom. The highest BCUT2D eigenvalue weighted by Gasteiger charge is 2.36. The molecule has 1 aliphatic heterocycles. The number of ether oxygens (including phenoxy) is 1. The van der Waals surface area contributed by atoms with Crippen LogP contribution in [0, 0.1) is 10.1 Å². The van der Waals surface area contributed by atoms with Crippen LogP contribution in [-0.2, 0) is 21.0 Å². The lowest BCUT2D eigenvalue weighted by molar-refractivity contribution is -0.385. The lowest BCUT2D eigenvalue weighted by Crippen LogP contribution is -2.28. The largest absolute Gasteiger partial charge is 0.483 e. The summed E-state index contributed by atoms with van der Waals surface area (Å²) < 4.78 is 71.1. The van der Waals surface area contributed by atoms with Crippen molar-refractivity contribution in [1.29, 1.82) is 0 Å². The van der Waals surface area contributed by atoms with Crippen molar-refractivity contribution in [2.24, 2.45) is 0 Å². The molecule has 1 saturated heterocycles. The fourth-order valence-corrected chi connectivity index (χ4v) is 4.69. The molecule has 0 unspecified atom stereocenters. The van der Waals surface area contributed by atoms with E-state index in [9.17, 15) is 36.5 Å². The number of anilines is 1. The van der Waals surface area contributed by atoms with Crippen molar-refractivity contribution in [3.05, 3.63) is 58.1 Å². The zero-order valence-electron chi connectivity index (χ0n) is 16.5. The minimum absolute atomic E-state index is 0.0205. The topological polar surface area (TPSA) is 119 Å². The van der Waals surface area contributed by atoms with Gasteiger partial charge in [-0.05, 0) is 37.1 Å². The van der Waals surface area contributed by atoms with E-state index >= 15 is 0 Å². The third-order valence-electron chi connectivity index (χ3n) is 4.66. The molecular formula is C19H18F3N3O6S. The van der Waals surface area contributed by atoms with Crippen LogP contribution in [0.2, 0.25) is 0 Å². The van der Waals surface area contributed by atoms with Gasteiger partial charge in [-0.1, -0.05) is 6.07 Å². The van der Waals surface area contributed by atoms with E-state index < -0.39 is 50.6 Å². The van der Waals surface area contributed by atoms with Crippen LogP contribution < -0.4 is 10.1 Å². The molecule has 0 aromatic heterocycles.